The molecule has 2 aromatic heterocycles. The molecule has 0 spiro atoms. The van der Waals surface area contributed by atoms with Crippen LogP contribution in [-0.4, -0.2) is 39.6 Å². The van der Waals surface area contributed by atoms with E-state index >= 15 is 0 Å². The van der Waals surface area contributed by atoms with E-state index in [1.165, 1.54) is 7.11 Å². The highest BCUT2D eigenvalue weighted by atomic mass is 16.5. The first-order valence-electron chi connectivity index (χ1n) is 7.90. The zero-order valence-corrected chi connectivity index (χ0v) is 15.0. The number of rotatable bonds is 5. The van der Waals surface area contributed by atoms with Gasteiger partial charge in [0.1, 0.15) is 6.33 Å². The maximum Gasteiger partial charge on any atom is 0.255 e. The molecule has 0 aliphatic rings. The van der Waals surface area contributed by atoms with Crippen molar-refractivity contribution in [3.8, 4) is 17.4 Å². The maximum absolute atomic E-state index is 12.4. The molecule has 8 heteroatoms. The van der Waals surface area contributed by atoms with Crippen molar-refractivity contribution in [2.45, 2.75) is 13.8 Å². The Morgan fingerprint density at radius 1 is 1.04 bits per heavy atom. The number of methoxy groups -OCH3 is 2. The second-order valence-corrected chi connectivity index (χ2v) is 5.58. The number of ether oxygens (including phenoxy) is 2. The Bertz CT molecular complexity index is 934. The highest BCUT2D eigenvalue weighted by Gasteiger charge is 2.12. The third-order valence-corrected chi connectivity index (χ3v) is 4.01. The highest BCUT2D eigenvalue weighted by molar-refractivity contribution is 6.04. The van der Waals surface area contributed by atoms with Gasteiger partial charge in [-0.2, -0.15) is 0 Å². The highest BCUT2D eigenvalue weighted by Crippen LogP contribution is 2.27. The molecule has 0 fully saturated rings. The van der Waals surface area contributed by atoms with Crippen LogP contribution >= 0.6 is 0 Å². The first-order chi connectivity index (χ1) is 12.5. The van der Waals surface area contributed by atoms with Gasteiger partial charge in [0.05, 0.1) is 38.0 Å². The Morgan fingerprint density at radius 2 is 1.73 bits per heavy atom. The quantitative estimate of drug-likeness (QED) is 0.758. The molecule has 0 aliphatic carbocycles. The Labute approximate surface area is 150 Å². The SMILES string of the molecule is COc1ccc(C(=O)Nc2cnc(-n3cnc(C)c3C)nc2)cc1OC. The summed E-state index contributed by atoms with van der Waals surface area (Å²) < 4.78 is 12.2. The number of benzene rings is 1. The van der Waals surface area contributed by atoms with Gasteiger partial charge in [-0.15, -0.1) is 0 Å². The van der Waals surface area contributed by atoms with Crippen LogP contribution in [0.25, 0.3) is 5.95 Å². The molecule has 26 heavy (non-hydrogen) atoms. The average Bonchev–Trinajstić information content (AvgIpc) is 3.00. The molecule has 134 valence electrons. The standard InChI is InChI=1S/C18H19N5O3/c1-11-12(2)23(10-21-11)18-19-8-14(9-20-18)22-17(24)13-5-6-15(25-3)16(7-13)26-4/h5-10H,1-4H3,(H,22,24). The number of nitrogens with zero attached hydrogens (tertiary/aromatic N) is 4. The molecule has 8 nitrogen and oxygen atoms in total. The molecule has 1 aromatic carbocycles. The van der Waals surface area contributed by atoms with Crippen LogP contribution in [0.3, 0.4) is 0 Å². The molecule has 2 heterocycles. The molecular formula is C18H19N5O3. The second kappa shape index (κ2) is 7.22. The van der Waals surface area contributed by atoms with Crippen LogP contribution in [0.5, 0.6) is 11.5 Å². The van der Waals surface area contributed by atoms with E-state index in [1.54, 1.807) is 48.6 Å². The number of nitrogens with one attached hydrogen (secondary N) is 1. The van der Waals surface area contributed by atoms with Gasteiger partial charge >= 0.3 is 0 Å². The number of carbonyl (C=O) groups excluding carboxylic acids is 1. The Kier molecular flexibility index (Phi) is 4.83. The van der Waals surface area contributed by atoms with E-state index in [2.05, 4.69) is 20.3 Å². The lowest BCUT2D eigenvalue weighted by molar-refractivity contribution is 0.102. The summed E-state index contributed by atoms with van der Waals surface area (Å²) in [5.41, 5.74) is 2.81. The Hall–Kier alpha value is -3.42. The van der Waals surface area contributed by atoms with Crippen LogP contribution < -0.4 is 14.8 Å². The third kappa shape index (κ3) is 3.34. The van der Waals surface area contributed by atoms with Crippen LogP contribution in [-0.2, 0) is 0 Å². The minimum atomic E-state index is -0.294. The molecule has 0 atom stereocenters. The van der Waals surface area contributed by atoms with Crippen molar-refractivity contribution in [3.05, 3.63) is 53.9 Å². The summed E-state index contributed by atoms with van der Waals surface area (Å²) in [5.74, 6) is 1.24. The zero-order valence-electron chi connectivity index (χ0n) is 15.0. The first-order valence-corrected chi connectivity index (χ1v) is 7.90. The van der Waals surface area contributed by atoms with Gasteiger partial charge in [-0.3, -0.25) is 9.36 Å². The lowest BCUT2D eigenvalue weighted by Crippen LogP contribution is -2.13. The smallest absolute Gasteiger partial charge is 0.255 e. The van der Waals surface area contributed by atoms with E-state index in [0.29, 0.717) is 28.7 Å². The van der Waals surface area contributed by atoms with Crippen molar-refractivity contribution in [1.29, 1.82) is 0 Å². The van der Waals surface area contributed by atoms with E-state index in [1.807, 2.05) is 13.8 Å². The van der Waals surface area contributed by atoms with Gasteiger partial charge in [0.25, 0.3) is 5.91 Å². The predicted octanol–water partition coefficient (Wildman–Crippen LogP) is 2.55. The van der Waals surface area contributed by atoms with Crippen molar-refractivity contribution in [2.24, 2.45) is 0 Å². The van der Waals surface area contributed by atoms with Crippen LogP contribution in [0, 0.1) is 13.8 Å². The summed E-state index contributed by atoms with van der Waals surface area (Å²) in [6.07, 6.45) is 4.77. The van der Waals surface area contributed by atoms with Crippen molar-refractivity contribution < 1.29 is 14.3 Å². The Balaban J connectivity index is 1.77. The van der Waals surface area contributed by atoms with E-state index < -0.39 is 0 Å². The summed E-state index contributed by atoms with van der Waals surface area (Å²) in [6, 6.07) is 4.95. The van der Waals surface area contributed by atoms with Gasteiger partial charge in [-0.25, -0.2) is 15.0 Å². The molecule has 0 bridgehead atoms. The fraction of sp³-hybridized carbons (Fsp3) is 0.222. The summed E-state index contributed by atoms with van der Waals surface area (Å²) in [7, 11) is 3.06. The summed E-state index contributed by atoms with van der Waals surface area (Å²) in [5, 5.41) is 2.76. The average molecular weight is 353 g/mol. The fourth-order valence-corrected chi connectivity index (χ4v) is 2.39. The van der Waals surface area contributed by atoms with Gasteiger partial charge in [0.2, 0.25) is 5.95 Å². The van der Waals surface area contributed by atoms with Crippen molar-refractivity contribution in [2.75, 3.05) is 19.5 Å². The van der Waals surface area contributed by atoms with E-state index in [4.69, 9.17) is 9.47 Å². The lowest BCUT2D eigenvalue weighted by Gasteiger charge is -2.10. The molecule has 1 amide bonds. The maximum atomic E-state index is 12.4. The molecule has 0 unspecified atom stereocenters. The van der Waals surface area contributed by atoms with E-state index in [9.17, 15) is 4.79 Å². The van der Waals surface area contributed by atoms with Crippen LogP contribution in [0.2, 0.25) is 0 Å². The molecule has 1 N–H and O–H groups in total. The van der Waals surface area contributed by atoms with Crippen molar-refractivity contribution >= 4 is 11.6 Å². The number of amides is 1. The number of carbonyl (C=O) groups is 1. The number of aryl methyl sites for hydroxylation is 1. The van der Waals surface area contributed by atoms with Crippen molar-refractivity contribution in [1.82, 2.24) is 19.5 Å². The van der Waals surface area contributed by atoms with Gasteiger partial charge in [-0.05, 0) is 32.0 Å². The molecule has 0 radical (unpaired) electrons. The minimum absolute atomic E-state index is 0.294. The van der Waals surface area contributed by atoms with Gasteiger partial charge in [-0.1, -0.05) is 0 Å². The van der Waals surface area contributed by atoms with E-state index in [-0.39, 0.29) is 5.91 Å². The van der Waals surface area contributed by atoms with E-state index in [0.717, 1.165) is 11.4 Å². The summed E-state index contributed by atoms with van der Waals surface area (Å²) in [4.78, 5) is 25.2. The molecule has 0 aliphatic heterocycles. The molecular weight excluding hydrogens is 334 g/mol. The number of hydrogen-bond acceptors (Lipinski definition) is 6. The summed E-state index contributed by atoms with van der Waals surface area (Å²) >= 11 is 0. The zero-order chi connectivity index (χ0) is 18.7. The van der Waals surface area contributed by atoms with Crippen molar-refractivity contribution in [3.63, 3.8) is 0 Å². The van der Waals surface area contributed by atoms with Gasteiger partial charge < -0.3 is 14.8 Å². The second-order valence-electron chi connectivity index (χ2n) is 5.58. The predicted molar refractivity (Wildman–Crippen MR) is 96.1 cm³/mol. The van der Waals surface area contributed by atoms with Gasteiger partial charge in [0.15, 0.2) is 11.5 Å². The minimum Gasteiger partial charge on any atom is -0.493 e. The fourth-order valence-electron chi connectivity index (χ4n) is 2.39. The summed E-state index contributed by atoms with van der Waals surface area (Å²) in [6.45, 7) is 3.86. The lowest BCUT2D eigenvalue weighted by atomic mass is 10.2. The Morgan fingerprint density at radius 3 is 2.31 bits per heavy atom. The molecule has 0 saturated carbocycles. The van der Waals surface area contributed by atoms with Crippen LogP contribution in [0.1, 0.15) is 21.7 Å². The number of anilines is 1. The van der Waals surface area contributed by atoms with Gasteiger partial charge in [0, 0.05) is 11.3 Å². The number of aromatic nitrogens is 4. The third-order valence-electron chi connectivity index (χ3n) is 4.01. The first kappa shape index (κ1) is 17.4. The molecule has 0 saturated heterocycles. The largest absolute Gasteiger partial charge is 0.493 e. The normalized spacial score (nSPS) is 10.5. The monoisotopic (exact) mass is 353 g/mol. The topological polar surface area (TPSA) is 91.2 Å². The number of hydrogen-bond donors (Lipinski definition) is 1. The van der Waals surface area contributed by atoms with Crippen LogP contribution in [0.4, 0.5) is 5.69 Å². The number of imidazole rings is 1. The molecule has 3 rings (SSSR count). The molecule has 3 aromatic rings. The van der Waals surface area contributed by atoms with Crippen LogP contribution in [0.15, 0.2) is 36.9 Å².